The summed E-state index contributed by atoms with van der Waals surface area (Å²) in [5, 5.41) is 8.58. The van der Waals surface area contributed by atoms with Gasteiger partial charge in [-0.05, 0) is 43.4 Å². The van der Waals surface area contributed by atoms with Gasteiger partial charge in [0.15, 0.2) is 5.96 Å². The largest absolute Gasteiger partial charge is 0.370 e. The molecule has 1 aliphatic rings. The maximum atomic E-state index is 13.8. The number of guanidine groups is 1. The predicted octanol–water partition coefficient (Wildman–Crippen LogP) is -1.15. The van der Waals surface area contributed by atoms with Crippen LogP contribution in [-0.4, -0.2) is 87.6 Å². The standard InChI is InChI=1S/C28H39ClN10O5/c1-16(40)36-21(13-19-14-33-15-35-19)26(43)37-20(4-2-10-34-28(31)32)25(42)38-22(12-17-6-8-18(29)9-7-17)27(44)39-11-3-5-23(39)24(30)41/h6-9,14-15,20-23H,2-5,10-13H2,1H3,(H2,30,41)(H,33,35)(H,36,40)(H,37,43)(H,38,42)(H4,31,32,34)/t20-,21-,22+,23+/m0/s1. The van der Waals surface area contributed by atoms with Crippen molar-refractivity contribution < 1.29 is 24.0 Å². The molecule has 238 valence electrons. The summed E-state index contributed by atoms with van der Waals surface area (Å²) in [6, 6.07) is 2.76. The van der Waals surface area contributed by atoms with E-state index in [9.17, 15) is 24.0 Å². The highest BCUT2D eigenvalue weighted by molar-refractivity contribution is 6.30. The van der Waals surface area contributed by atoms with Crippen molar-refractivity contribution in [3.8, 4) is 0 Å². The van der Waals surface area contributed by atoms with Gasteiger partial charge < -0.3 is 43.0 Å². The predicted molar refractivity (Wildman–Crippen MR) is 163 cm³/mol. The van der Waals surface area contributed by atoms with Crippen LogP contribution in [-0.2, 0) is 36.8 Å². The van der Waals surface area contributed by atoms with E-state index in [1.165, 1.54) is 24.3 Å². The highest BCUT2D eigenvalue weighted by Crippen LogP contribution is 2.20. The first-order chi connectivity index (χ1) is 20.9. The van der Waals surface area contributed by atoms with Crippen molar-refractivity contribution >= 4 is 47.1 Å². The van der Waals surface area contributed by atoms with Gasteiger partial charge >= 0.3 is 0 Å². The monoisotopic (exact) mass is 630 g/mol. The number of nitrogens with zero attached hydrogens (tertiary/aromatic N) is 3. The molecular weight excluding hydrogens is 592 g/mol. The molecule has 0 aliphatic carbocycles. The molecule has 16 heteroatoms. The summed E-state index contributed by atoms with van der Waals surface area (Å²) < 4.78 is 0. The third-order valence-electron chi connectivity index (χ3n) is 7.08. The summed E-state index contributed by atoms with van der Waals surface area (Å²) in [6.45, 7) is 1.77. The quantitative estimate of drug-likeness (QED) is 0.0718. The van der Waals surface area contributed by atoms with E-state index in [-0.39, 0.29) is 31.8 Å². The maximum absolute atomic E-state index is 13.8. The number of primary amides is 1. The Morgan fingerprint density at radius 2 is 1.70 bits per heavy atom. The van der Waals surface area contributed by atoms with Crippen LogP contribution in [0.25, 0.3) is 0 Å². The van der Waals surface area contributed by atoms with E-state index >= 15 is 0 Å². The van der Waals surface area contributed by atoms with Crippen LogP contribution >= 0.6 is 11.6 Å². The van der Waals surface area contributed by atoms with Crippen molar-refractivity contribution in [2.75, 3.05) is 13.1 Å². The van der Waals surface area contributed by atoms with Crippen molar-refractivity contribution in [2.45, 2.75) is 69.6 Å². The van der Waals surface area contributed by atoms with E-state index in [0.29, 0.717) is 42.1 Å². The summed E-state index contributed by atoms with van der Waals surface area (Å²) >= 11 is 6.03. The number of likely N-dealkylation sites (tertiary alicyclic amines) is 1. The minimum Gasteiger partial charge on any atom is -0.370 e. The number of rotatable bonds is 15. The van der Waals surface area contributed by atoms with Crippen molar-refractivity contribution in [3.63, 3.8) is 0 Å². The molecule has 0 spiro atoms. The number of nitrogens with one attached hydrogen (secondary N) is 4. The minimum atomic E-state index is -1.12. The minimum absolute atomic E-state index is 0.0900. The lowest BCUT2D eigenvalue weighted by molar-refractivity contribution is -0.141. The summed E-state index contributed by atoms with van der Waals surface area (Å²) in [6.07, 6.45) is 4.58. The van der Waals surface area contributed by atoms with Crippen LogP contribution in [0.4, 0.5) is 0 Å². The van der Waals surface area contributed by atoms with Crippen LogP contribution in [0, 0.1) is 0 Å². The number of aromatic nitrogens is 2. The molecule has 5 amide bonds. The lowest BCUT2D eigenvalue weighted by Gasteiger charge is -2.29. The Morgan fingerprint density at radius 1 is 1.02 bits per heavy atom. The molecule has 44 heavy (non-hydrogen) atoms. The Hall–Kier alpha value is -4.66. The Balaban J connectivity index is 1.85. The molecule has 1 saturated heterocycles. The molecular formula is C28H39ClN10O5. The SMILES string of the molecule is CC(=O)N[C@@H](Cc1cnc[nH]1)C(=O)N[C@@H](CCCN=C(N)N)C(=O)N[C@H](Cc1ccc(Cl)cc1)C(=O)N1CCC[C@@H]1C(N)=O. The summed E-state index contributed by atoms with van der Waals surface area (Å²) in [5.74, 6) is -2.93. The molecule has 10 N–H and O–H groups in total. The number of amides is 5. The Bertz CT molecular complexity index is 1330. The molecule has 2 aromatic rings. The summed E-state index contributed by atoms with van der Waals surface area (Å²) in [5.41, 5.74) is 17.7. The number of aliphatic imine (C=N–C) groups is 1. The zero-order chi connectivity index (χ0) is 32.2. The molecule has 1 fully saturated rings. The molecule has 0 unspecified atom stereocenters. The lowest BCUT2D eigenvalue weighted by Crippen LogP contribution is -2.58. The highest BCUT2D eigenvalue weighted by atomic mass is 35.5. The van der Waals surface area contributed by atoms with Crippen molar-refractivity contribution in [2.24, 2.45) is 22.2 Å². The molecule has 1 aromatic heterocycles. The number of halogens is 1. The molecule has 15 nitrogen and oxygen atoms in total. The molecule has 4 atom stereocenters. The topological polar surface area (TPSA) is 244 Å². The van der Waals surface area contributed by atoms with Crippen LogP contribution < -0.4 is 33.2 Å². The fraction of sp³-hybridized carbons (Fsp3) is 0.464. The molecule has 3 rings (SSSR count). The molecule has 0 radical (unpaired) electrons. The Kier molecular flexibility index (Phi) is 12.5. The Morgan fingerprint density at radius 3 is 2.32 bits per heavy atom. The first-order valence-corrected chi connectivity index (χ1v) is 14.6. The summed E-state index contributed by atoms with van der Waals surface area (Å²) in [4.78, 5) is 76.9. The van der Waals surface area contributed by atoms with Gasteiger partial charge in [0.25, 0.3) is 0 Å². The number of carbonyl (C=O) groups is 5. The lowest BCUT2D eigenvalue weighted by atomic mass is 10.0. The third-order valence-corrected chi connectivity index (χ3v) is 7.34. The highest BCUT2D eigenvalue weighted by Gasteiger charge is 2.38. The molecule has 1 aromatic carbocycles. The van der Waals surface area contributed by atoms with Gasteiger partial charge in [0.2, 0.25) is 29.5 Å². The first-order valence-electron chi connectivity index (χ1n) is 14.2. The van der Waals surface area contributed by atoms with Crippen LogP contribution in [0.5, 0.6) is 0 Å². The number of hydrogen-bond acceptors (Lipinski definition) is 7. The van der Waals surface area contributed by atoms with E-state index in [1.807, 2.05) is 0 Å². The van der Waals surface area contributed by atoms with Crippen LogP contribution in [0.1, 0.15) is 43.9 Å². The second-order valence-corrected chi connectivity index (χ2v) is 11.0. The fourth-order valence-electron chi connectivity index (χ4n) is 4.97. The average Bonchev–Trinajstić information content (AvgIpc) is 3.67. The van der Waals surface area contributed by atoms with E-state index in [4.69, 9.17) is 28.8 Å². The van der Waals surface area contributed by atoms with Crippen molar-refractivity contribution in [3.05, 3.63) is 53.1 Å². The molecule has 0 saturated carbocycles. The van der Waals surface area contributed by atoms with Gasteiger partial charge in [-0.15, -0.1) is 0 Å². The fourth-order valence-corrected chi connectivity index (χ4v) is 5.10. The second-order valence-electron chi connectivity index (χ2n) is 10.5. The zero-order valence-corrected chi connectivity index (χ0v) is 25.2. The van der Waals surface area contributed by atoms with Crippen molar-refractivity contribution in [1.29, 1.82) is 0 Å². The van der Waals surface area contributed by atoms with E-state index in [0.717, 1.165) is 0 Å². The number of carbonyl (C=O) groups excluding carboxylic acids is 5. The normalized spacial score (nSPS) is 16.3. The molecule has 2 heterocycles. The van der Waals surface area contributed by atoms with Crippen LogP contribution in [0.15, 0.2) is 41.8 Å². The molecule has 0 bridgehead atoms. The van der Waals surface area contributed by atoms with E-state index in [2.05, 4.69) is 30.9 Å². The number of benzene rings is 1. The van der Waals surface area contributed by atoms with E-state index < -0.39 is 53.7 Å². The number of imidazole rings is 1. The average molecular weight is 631 g/mol. The number of H-pyrrole nitrogens is 1. The zero-order valence-electron chi connectivity index (χ0n) is 24.4. The van der Waals surface area contributed by atoms with Gasteiger partial charge in [0.1, 0.15) is 24.2 Å². The maximum Gasteiger partial charge on any atom is 0.246 e. The first kappa shape index (κ1) is 33.8. The van der Waals surface area contributed by atoms with Gasteiger partial charge in [-0.25, -0.2) is 4.98 Å². The van der Waals surface area contributed by atoms with Crippen molar-refractivity contribution in [1.82, 2.24) is 30.8 Å². The summed E-state index contributed by atoms with van der Waals surface area (Å²) in [7, 11) is 0. The van der Waals surface area contributed by atoms with Crippen LogP contribution in [0.2, 0.25) is 5.02 Å². The van der Waals surface area contributed by atoms with Gasteiger partial charge in [-0.1, -0.05) is 23.7 Å². The van der Waals surface area contributed by atoms with Crippen LogP contribution in [0.3, 0.4) is 0 Å². The number of nitrogens with two attached hydrogens (primary N) is 3. The Labute approximate surface area is 259 Å². The van der Waals surface area contributed by atoms with Gasteiger partial charge in [0.05, 0.1) is 6.33 Å². The number of aromatic amines is 1. The third kappa shape index (κ3) is 10.3. The van der Waals surface area contributed by atoms with Gasteiger partial charge in [-0.2, -0.15) is 0 Å². The number of hydrogen-bond donors (Lipinski definition) is 7. The van der Waals surface area contributed by atoms with Gasteiger partial charge in [0, 0.05) is 49.8 Å². The smallest absolute Gasteiger partial charge is 0.246 e. The molecule has 1 aliphatic heterocycles. The second kappa shape index (κ2) is 16.3. The van der Waals surface area contributed by atoms with E-state index in [1.54, 1.807) is 24.3 Å². The van der Waals surface area contributed by atoms with Gasteiger partial charge in [-0.3, -0.25) is 29.0 Å².